The summed E-state index contributed by atoms with van der Waals surface area (Å²) in [6.07, 6.45) is 0. The Bertz CT molecular complexity index is 1440. The molecular formula is C24H21N3O7. The van der Waals surface area contributed by atoms with Gasteiger partial charge in [0.1, 0.15) is 12.4 Å². The van der Waals surface area contributed by atoms with E-state index in [1.807, 2.05) is 0 Å². The third-order valence-corrected chi connectivity index (χ3v) is 4.92. The number of aromatic nitrogens is 2. The van der Waals surface area contributed by atoms with Crippen molar-refractivity contribution < 1.29 is 28.3 Å². The first-order chi connectivity index (χ1) is 16.4. The molecule has 1 amide bonds. The number of hydrogen-bond acceptors (Lipinski definition) is 8. The lowest BCUT2D eigenvalue weighted by atomic mass is 10.1. The van der Waals surface area contributed by atoms with Crippen LogP contribution < -0.4 is 20.3 Å². The van der Waals surface area contributed by atoms with Gasteiger partial charge < -0.3 is 24.1 Å². The number of fused-ring (bicyclic) bond motifs is 1. The molecule has 2 heterocycles. The number of nitrogens with zero attached hydrogens (tertiary/aromatic N) is 2. The summed E-state index contributed by atoms with van der Waals surface area (Å²) in [6.45, 7) is 1.47. The molecule has 0 fully saturated rings. The summed E-state index contributed by atoms with van der Waals surface area (Å²) in [5, 5.41) is 2.71. The number of nitrogens with one attached hydrogen (secondary N) is 1. The second kappa shape index (κ2) is 9.49. The van der Waals surface area contributed by atoms with Gasteiger partial charge in [-0.1, -0.05) is 12.1 Å². The number of carbonyl (C=O) groups is 2. The van der Waals surface area contributed by atoms with E-state index >= 15 is 0 Å². The Morgan fingerprint density at radius 3 is 2.56 bits per heavy atom. The van der Waals surface area contributed by atoms with Crippen LogP contribution in [0.2, 0.25) is 0 Å². The van der Waals surface area contributed by atoms with Crippen LogP contribution in [0, 0.1) is 6.92 Å². The van der Waals surface area contributed by atoms with Crippen molar-refractivity contribution in [3.05, 3.63) is 87.5 Å². The molecule has 0 spiro atoms. The molecular weight excluding hydrogens is 442 g/mol. The number of aryl methyl sites for hydroxylation is 1. The standard InChI is InChI=1S/C24H21N3O7/c1-14-10-21-25-16(12-22(28)27(21)34-14)13-33-24(30)17-6-4-5-7-18(17)26-23(29)15-8-9-19(31-2)20(11-15)32-3/h4-12H,13H2,1-3H3,(H,26,29). The number of benzene rings is 2. The minimum absolute atomic E-state index is 0.147. The molecule has 1 N–H and O–H groups in total. The van der Waals surface area contributed by atoms with E-state index in [-0.39, 0.29) is 23.6 Å². The third kappa shape index (κ3) is 4.60. The molecule has 0 atom stereocenters. The zero-order chi connectivity index (χ0) is 24.2. The lowest BCUT2D eigenvalue weighted by Gasteiger charge is -2.12. The van der Waals surface area contributed by atoms with Crippen LogP contribution in [-0.2, 0) is 11.3 Å². The maximum Gasteiger partial charge on any atom is 0.340 e. The molecule has 4 aromatic rings. The summed E-state index contributed by atoms with van der Waals surface area (Å²) in [5.41, 5.74) is 0.889. The van der Waals surface area contributed by atoms with Crippen molar-refractivity contribution in [3.8, 4) is 11.5 Å². The fourth-order valence-electron chi connectivity index (χ4n) is 3.31. The Morgan fingerprint density at radius 2 is 1.79 bits per heavy atom. The van der Waals surface area contributed by atoms with Crippen LogP contribution in [0.3, 0.4) is 0 Å². The Morgan fingerprint density at radius 1 is 1.03 bits per heavy atom. The summed E-state index contributed by atoms with van der Waals surface area (Å²) in [6, 6.07) is 14.0. The highest BCUT2D eigenvalue weighted by atomic mass is 16.5. The minimum atomic E-state index is -0.686. The SMILES string of the molecule is COc1ccc(C(=O)Nc2ccccc2C(=O)OCc2cc(=O)n3oc(C)cc3n2)cc1OC. The molecule has 10 heteroatoms. The van der Waals surface area contributed by atoms with Gasteiger partial charge in [-0.2, -0.15) is 0 Å². The minimum Gasteiger partial charge on any atom is -0.493 e. The van der Waals surface area contributed by atoms with Crippen LogP contribution in [-0.4, -0.2) is 35.7 Å². The monoisotopic (exact) mass is 463 g/mol. The molecule has 0 aliphatic heterocycles. The first kappa shape index (κ1) is 22.6. The van der Waals surface area contributed by atoms with Crippen LogP contribution in [0.4, 0.5) is 5.69 Å². The average molecular weight is 463 g/mol. The zero-order valence-electron chi connectivity index (χ0n) is 18.7. The van der Waals surface area contributed by atoms with Crippen molar-refractivity contribution in [2.24, 2.45) is 0 Å². The smallest absolute Gasteiger partial charge is 0.340 e. The number of hydrogen-bond donors (Lipinski definition) is 1. The maximum absolute atomic E-state index is 12.8. The van der Waals surface area contributed by atoms with E-state index in [0.29, 0.717) is 28.5 Å². The van der Waals surface area contributed by atoms with Crippen LogP contribution >= 0.6 is 0 Å². The molecule has 34 heavy (non-hydrogen) atoms. The van der Waals surface area contributed by atoms with Crippen LogP contribution in [0.5, 0.6) is 11.5 Å². The topological polar surface area (TPSA) is 121 Å². The zero-order valence-corrected chi connectivity index (χ0v) is 18.7. The number of rotatable bonds is 7. The molecule has 174 valence electrons. The normalized spacial score (nSPS) is 10.7. The van der Waals surface area contributed by atoms with Gasteiger partial charge in [0.05, 0.1) is 31.2 Å². The van der Waals surface area contributed by atoms with Crippen LogP contribution in [0.25, 0.3) is 5.65 Å². The first-order valence-corrected chi connectivity index (χ1v) is 10.2. The molecule has 2 aromatic heterocycles. The van der Waals surface area contributed by atoms with Gasteiger partial charge in [0.15, 0.2) is 17.1 Å². The van der Waals surface area contributed by atoms with Gasteiger partial charge in [-0.25, -0.2) is 9.78 Å². The van der Waals surface area contributed by atoms with Crippen molar-refractivity contribution >= 4 is 23.2 Å². The molecule has 4 rings (SSSR count). The van der Waals surface area contributed by atoms with E-state index < -0.39 is 17.4 Å². The van der Waals surface area contributed by atoms with Gasteiger partial charge >= 0.3 is 5.97 Å². The average Bonchev–Trinajstić information content (AvgIpc) is 3.23. The Labute approximate surface area is 193 Å². The summed E-state index contributed by atoms with van der Waals surface area (Å²) in [5.74, 6) is 0.277. The number of carbonyl (C=O) groups excluding carboxylic acids is 2. The highest BCUT2D eigenvalue weighted by Gasteiger charge is 2.17. The van der Waals surface area contributed by atoms with Crippen LogP contribution in [0.1, 0.15) is 32.2 Å². The Balaban J connectivity index is 1.50. The first-order valence-electron chi connectivity index (χ1n) is 10.2. The quantitative estimate of drug-likeness (QED) is 0.415. The molecule has 0 saturated carbocycles. The summed E-state index contributed by atoms with van der Waals surface area (Å²) in [7, 11) is 2.97. The second-order valence-corrected chi connectivity index (χ2v) is 7.23. The van der Waals surface area contributed by atoms with E-state index in [1.54, 1.807) is 43.3 Å². The molecule has 2 aromatic carbocycles. The molecule has 0 radical (unpaired) electrons. The molecule has 0 saturated heterocycles. The van der Waals surface area contributed by atoms with Gasteiger partial charge in [-0.05, 0) is 37.3 Å². The predicted molar refractivity (Wildman–Crippen MR) is 122 cm³/mol. The highest BCUT2D eigenvalue weighted by Crippen LogP contribution is 2.28. The molecule has 0 aliphatic carbocycles. The van der Waals surface area contributed by atoms with Gasteiger partial charge in [-0.15, -0.1) is 4.57 Å². The van der Waals surface area contributed by atoms with Crippen molar-refractivity contribution in [2.75, 3.05) is 19.5 Å². The number of ether oxygens (including phenoxy) is 3. The fourth-order valence-corrected chi connectivity index (χ4v) is 3.31. The number of para-hydroxylation sites is 1. The molecule has 0 unspecified atom stereocenters. The third-order valence-electron chi connectivity index (χ3n) is 4.92. The second-order valence-electron chi connectivity index (χ2n) is 7.23. The summed E-state index contributed by atoms with van der Waals surface area (Å²) >= 11 is 0. The van der Waals surface area contributed by atoms with Crippen molar-refractivity contribution in [3.63, 3.8) is 0 Å². The number of anilines is 1. The van der Waals surface area contributed by atoms with E-state index in [2.05, 4.69) is 10.3 Å². The number of methoxy groups -OCH3 is 2. The Hall–Kier alpha value is -4.60. The van der Waals surface area contributed by atoms with E-state index in [9.17, 15) is 14.4 Å². The maximum atomic E-state index is 12.8. The van der Waals surface area contributed by atoms with Gasteiger partial charge in [0, 0.05) is 17.7 Å². The summed E-state index contributed by atoms with van der Waals surface area (Å²) in [4.78, 5) is 41.9. The van der Waals surface area contributed by atoms with Gasteiger partial charge in [0.2, 0.25) is 0 Å². The number of esters is 1. The largest absolute Gasteiger partial charge is 0.493 e. The van der Waals surface area contributed by atoms with Crippen molar-refractivity contribution in [2.45, 2.75) is 13.5 Å². The number of amides is 1. The van der Waals surface area contributed by atoms with Crippen molar-refractivity contribution in [1.29, 1.82) is 0 Å². The Kier molecular flexibility index (Phi) is 6.30. The fraction of sp³-hybridized carbons (Fsp3) is 0.167. The van der Waals surface area contributed by atoms with Gasteiger partial charge in [-0.3, -0.25) is 9.59 Å². The van der Waals surface area contributed by atoms with E-state index in [4.69, 9.17) is 18.7 Å². The predicted octanol–water partition coefficient (Wildman–Crippen LogP) is 3.22. The van der Waals surface area contributed by atoms with Crippen molar-refractivity contribution in [1.82, 2.24) is 9.56 Å². The lowest BCUT2D eigenvalue weighted by molar-refractivity contribution is 0.0469. The van der Waals surface area contributed by atoms with Gasteiger partial charge in [0.25, 0.3) is 11.5 Å². The van der Waals surface area contributed by atoms with E-state index in [0.717, 1.165) is 4.57 Å². The molecule has 0 bridgehead atoms. The summed E-state index contributed by atoms with van der Waals surface area (Å²) < 4.78 is 22.1. The van der Waals surface area contributed by atoms with Crippen LogP contribution in [0.15, 0.2) is 63.9 Å². The molecule has 0 aliphatic rings. The van der Waals surface area contributed by atoms with E-state index in [1.165, 1.54) is 32.4 Å². The molecule has 10 nitrogen and oxygen atoms in total. The highest BCUT2D eigenvalue weighted by molar-refractivity contribution is 6.08. The lowest BCUT2D eigenvalue weighted by Crippen LogP contribution is -2.17.